The smallest absolute Gasteiger partial charge is 0.270 e. The highest BCUT2D eigenvalue weighted by Gasteiger charge is 2.04. The van der Waals surface area contributed by atoms with Crippen LogP contribution in [0, 0.1) is 20.2 Å². The lowest BCUT2D eigenvalue weighted by Gasteiger charge is -1.94. The number of hydrogen-bond acceptors (Lipinski definition) is 9. The molecule has 0 unspecified atom stereocenters. The van der Waals surface area contributed by atoms with Crippen LogP contribution in [0.3, 0.4) is 0 Å². The molecule has 0 atom stereocenters. The average molecular weight is 630 g/mol. The maximum absolute atomic E-state index is 10.5. The van der Waals surface area contributed by atoms with E-state index in [2.05, 4.69) is 25.9 Å². The number of nitro groups is 2. The average Bonchev–Trinajstić information content (AvgIpc) is 3.71. The number of aromatic nitrogens is 2. The lowest BCUT2D eigenvalue weighted by Crippen LogP contribution is -1.87. The SMILES string of the molecule is Nc1cccc(/C=C/c2ncco2)c1.O=[N+]([O-])c1cccc(/C=C/Br)c1.O=[N+]([O-])c1cccc(/C=C/c2ncco2)c1. The monoisotopic (exact) mass is 629 g/mol. The molecule has 0 radical (unpaired) electrons. The summed E-state index contributed by atoms with van der Waals surface area (Å²) in [6, 6.07) is 20.4. The molecule has 0 saturated heterocycles. The molecule has 42 heavy (non-hydrogen) atoms. The van der Waals surface area contributed by atoms with Crippen LogP contribution >= 0.6 is 15.9 Å². The highest BCUT2D eigenvalue weighted by atomic mass is 79.9. The molecule has 0 bridgehead atoms. The van der Waals surface area contributed by atoms with Crippen LogP contribution in [0.1, 0.15) is 28.5 Å². The van der Waals surface area contributed by atoms with Gasteiger partial charge >= 0.3 is 0 Å². The first-order chi connectivity index (χ1) is 20.3. The molecule has 0 spiro atoms. The highest BCUT2D eigenvalue weighted by Crippen LogP contribution is 2.16. The fourth-order valence-corrected chi connectivity index (χ4v) is 3.49. The summed E-state index contributed by atoms with van der Waals surface area (Å²) in [6.45, 7) is 0. The maximum Gasteiger partial charge on any atom is 0.270 e. The first kappa shape index (κ1) is 30.9. The lowest BCUT2D eigenvalue weighted by molar-refractivity contribution is -0.385. The largest absolute Gasteiger partial charge is 0.445 e. The van der Waals surface area contributed by atoms with Crippen LogP contribution in [0.15, 0.2) is 112 Å². The minimum Gasteiger partial charge on any atom is -0.445 e. The van der Waals surface area contributed by atoms with Crippen molar-refractivity contribution in [1.82, 2.24) is 9.97 Å². The van der Waals surface area contributed by atoms with Crippen molar-refractivity contribution in [3.63, 3.8) is 0 Å². The zero-order valence-corrected chi connectivity index (χ0v) is 23.5. The molecule has 2 N–H and O–H groups in total. The van der Waals surface area contributed by atoms with E-state index in [-0.39, 0.29) is 11.4 Å². The van der Waals surface area contributed by atoms with Gasteiger partial charge in [-0.2, -0.15) is 0 Å². The first-order valence-electron chi connectivity index (χ1n) is 12.1. The van der Waals surface area contributed by atoms with Gasteiger partial charge in [-0.25, -0.2) is 9.97 Å². The van der Waals surface area contributed by atoms with Gasteiger partial charge in [-0.15, -0.1) is 0 Å². The summed E-state index contributed by atoms with van der Waals surface area (Å²) >= 11 is 3.10. The molecule has 212 valence electrons. The van der Waals surface area contributed by atoms with Gasteiger partial charge < -0.3 is 14.6 Å². The number of rotatable bonds is 7. The quantitative estimate of drug-likeness (QED) is 0.106. The molecule has 2 aromatic heterocycles. The molecule has 0 aliphatic heterocycles. The minimum absolute atomic E-state index is 0.0644. The van der Waals surface area contributed by atoms with E-state index in [0.717, 1.165) is 22.4 Å². The summed E-state index contributed by atoms with van der Waals surface area (Å²) in [6.07, 6.45) is 15.0. The second kappa shape index (κ2) is 16.5. The topological polar surface area (TPSA) is 164 Å². The molecule has 11 nitrogen and oxygen atoms in total. The maximum atomic E-state index is 10.5. The van der Waals surface area contributed by atoms with E-state index in [1.54, 1.807) is 66.0 Å². The predicted octanol–water partition coefficient (Wildman–Crippen LogP) is 8.14. The number of nitrogens with zero attached hydrogens (tertiary/aromatic N) is 4. The van der Waals surface area contributed by atoms with Crippen molar-refractivity contribution >= 4 is 63.4 Å². The second-order valence-electron chi connectivity index (χ2n) is 8.07. The van der Waals surface area contributed by atoms with Crippen molar-refractivity contribution in [3.8, 4) is 0 Å². The van der Waals surface area contributed by atoms with E-state index in [1.807, 2.05) is 30.3 Å². The Morgan fingerprint density at radius 1 is 0.667 bits per heavy atom. The number of non-ortho nitro benzene ring substituents is 2. The van der Waals surface area contributed by atoms with E-state index < -0.39 is 9.85 Å². The fraction of sp³-hybridized carbons (Fsp3) is 0. The van der Waals surface area contributed by atoms with Crippen LogP contribution < -0.4 is 5.73 Å². The molecule has 0 fully saturated rings. The van der Waals surface area contributed by atoms with Gasteiger partial charge in [-0.3, -0.25) is 20.2 Å². The van der Waals surface area contributed by atoms with Crippen LogP contribution in [0.25, 0.3) is 30.4 Å². The van der Waals surface area contributed by atoms with Crippen molar-refractivity contribution in [2.75, 3.05) is 5.73 Å². The van der Waals surface area contributed by atoms with Gasteiger partial charge in [-0.1, -0.05) is 52.3 Å². The van der Waals surface area contributed by atoms with Crippen molar-refractivity contribution in [2.24, 2.45) is 0 Å². The molecular formula is C30H24BrN5O6. The summed E-state index contributed by atoms with van der Waals surface area (Å²) in [4.78, 5) is 29.6. The van der Waals surface area contributed by atoms with Crippen LogP contribution in [0.5, 0.6) is 0 Å². The number of benzene rings is 3. The Labute approximate surface area is 248 Å². The number of nitro benzene ring substituents is 2. The zero-order chi connectivity index (χ0) is 30.2. The number of nitrogen functional groups attached to an aromatic ring is 1. The molecule has 12 heteroatoms. The molecule has 0 aliphatic carbocycles. The van der Waals surface area contributed by atoms with Crippen molar-refractivity contribution in [1.29, 1.82) is 0 Å². The number of halogens is 1. The second-order valence-corrected chi connectivity index (χ2v) is 8.60. The van der Waals surface area contributed by atoms with Gasteiger partial charge in [0.25, 0.3) is 11.4 Å². The van der Waals surface area contributed by atoms with Gasteiger partial charge in [0, 0.05) is 42.1 Å². The van der Waals surface area contributed by atoms with Gasteiger partial charge in [0.05, 0.1) is 22.2 Å². The molecule has 5 rings (SSSR count). The van der Waals surface area contributed by atoms with Crippen LogP contribution in [-0.2, 0) is 0 Å². The van der Waals surface area contributed by atoms with Crippen LogP contribution in [-0.4, -0.2) is 19.8 Å². The van der Waals surface area contributed by atoms with Crippen molar-refractivity contribution in [2.45, 2.75) is 0 Å². The van der Waals surface area contributed by atoms with E-state index in [4.69, 9.17) is 14.6 Å². The first-order valence-corrected chi connectivity index (χ1v) is 13.0. The molecule has 0 aliphatic rings. The molecule has 0 amide bonds. The summed E-state index contributed by atoms with van der Waals surface area (Å²) in [5.41, 5.74) is 9.12. The Balaban J connectivity index is 0.000000175. The molecule has 5 aromatic rings. The van der Waals surface area contributed by atoms with Gasteiger partial charge in [-0.05, 0) is 52.0 Å². The molecular weight excluding hydrogens is 606 g/mol. The Kier molecular flexibility index (Phi) is 12.1. The third-order valence-corrected chi connectivity index (χ3v) is 5.33. The predicted molar refractivity (Wildman–Crippen MR) is 166 cm³/mol. The van der Waals surface area contributed by atoms with Gasteiger partial charge in [0.15, 0.2) is 0 Å². The van der Waals surface area contributed by atoms with Gasteiger partial charge in [0.2, 0.25) is 11.8 Å². The number of anilines is 1. The summed E-state index contributed by atoms with van der Waals surface area (Å²) in [7, 11) is 0. The molecule has 2 heterocycles. The third kappa shape index (κ3) is 10.9. The van der Waals surface area contributed by atoms with Crippen molar-refractivity contribution < 1.29 is 18.7 Å². The number of oxazole rings is 2. The molecule has 0 saturated carbocycles. The standard InChI is InChI=1S/C11H8N2O3.C11H10N2O.C8H6BrNO2/c14-13(15)10-3-1-2-9(8-10)4-5-11-12-6-7-16-11;12-10-3-1-2-9(8-10)4-5-11-13-6-7-14-11;9-5-4-7-2-1-3-8(6-7)10(11)12/h1-8H;1-8H,12H2;1-6H/b3*5-4+. The van der Waals surface area contributed by atoms with Crippen molar-refractivity contribution in [3.05, 3.63) is 151 Å². The van der Waals surface area contributed by atoms with E-state index in [9.17, 15) is 20.2 Å². The van der Waals surface area contributed by atoms with E-state index in [0.29, 0.717) is 11.8 Å². The molecule has 3 aromatic carbocycles. The van der Waals surface area contributed by atoms with E-state index in [1.165, 1.54) is 36.7 Å². The number of nitrogens with two attached hydrogens (primary N) is 1. The number of hydrogen-bond donors (Lipinski definition) is 1. The Morgan fingerprint density at radius 3 is 1.52 bits per heavy atom. The highest BCUT2D eigenvalue weighted by molar-refractivity contribution is 9.11. The third-order valence-electron chi connectivity index (χ3n) is 5.07. The Bertz CT molecular complexity index is 1670. The lowest BCUT2D eigenvalue weighted by atomic mass is 10.2. The summed E-state index contributed by atoms with van der Waals surface area (Å²) in [5.74, 6) is 1.05. The minimum atomic E-state index is -0.428. The van der Waals surface area contributed by atoms with Crippen LogP contribution in [0.4, 0.5) is 17.1 Å². The fourth-order valence-electron chi connectivity index (χ4n) is 3.19. The zero-order valence-electron chi connectivity index (χ0n) is 21.9. The van der Waals surface area contributed by atoms with Crippen LogP contribution in [0.2, 0.25) is 0 Å². The normalized spacial score (nSPS) is 10.7. The Hall–Kier alpha value is -5.62. The Morgan fingerprint density at radius 2 is 1.12 bits per heavy atom. The van der Waals surface area contributed by atoms with Gasteiger partial charge in [0.1, 0.15) is 12.5 Å². The van der Waals surface area contributed by atoms with E-state index >= 15 is 0 Å². The summed E-state index contributed by atoms with van der Waals surface area (Å²) in [5, 5.41) is 20.9. The summed E-state index contributed by atoms with van der Waals surface area (Å²) < 4.78 is 10.1.